The van der Waals surface area contributed by atoms with Gasteiger partial charge >= 0.3 is 12.1 Å². The number of benzene rings is 3. The van der Waals surface area contributed by atoms with E-state index in [0.29, 0.717) is 21.2 Å². The fourth-order valence-electron chi connectivity index (χ4n) is 4.92. The van der Waals surface area contributed by atoms with Crippen molar-refractivity contribution < 1.29 is 27.9 Å². The number of carboxylic acid groups (broad SMARTS) is 1. The van der Waals surface area contributed by atoms with Gasteiger partial charge in [0.1, 0.15) is 11.4 Å². The van der Waals surface area contributed by atoms with Gasteiger partial charge in [-0.3, -0.25) is 9.78 Å². The number of pyridine rings is 1. The van der Waals surface area contributed by atoms with Crippen molar-refractivity contribution in [3.8, 4) is 16.9 Å². The summed E-state index contributed by atoms with van der Waals surface area (Å²) in [6.07, 6.45) is -0.990. The monoisotopic (exact) mass is 616 g/mol. The van der Waals surface area contributed by atoms with E-state index in [4.69, 9.17) is 11.6 Å². The summed E-state index contributed by atoms with van der Waals surface area (Å²) in [5, 5.41) is 14.7. The van der Waals surface area contributed by atoms with E-state index >= 15 is 0 Å². The zero-order valence-electron chi connectivity index (χ0n) is 23.0. The van der Waals surface area contributed by atoms with Gasteiger partial charge in [-0.1, -0.05) is 41.9 Å². The molecule has 6 rings (SSSR count). The highest BCUT2D eigenvalue weighted by Gasteiger charge is 2.37. The summed E-state index contributed by atoms with van der Waals surface area (Å²) in [6, 6.07) is 23.3. The predicted molar refractivity (Wildman–Crippen MR) is 160 cm³/mol. The van der Waals surface area contributed by atoms with Crippen LogP contribution in [-0.4, -0.2) is 38.2 Å². The van der Waals surface area contributed by atoms with Gasteiger partial charge in [0.25, 0.3) is 0 Å². The van der Waals surface area contributed by atoms with Crippen LogP contribution in [-0.2, 0) is 6.18 Å². The van der Waals surface area contributed by atoms with Crippen LogP contribution in [0.3, 0.4) is 0 Å². The number of hydrogen-bond acceptors (Lipinski definition) is 5. The maximum Gasteiger partial charge on any atom is 0.433 e. The Morgan fingerprint density at radius 1 is 0.932 bits per heavy atom. The summed E-state index contributed by atoms with van der Waals surface area (Å²) in [5.41, 5.74) is 0.177. The fourth-order valence-corrected chi connectivity index (χ4v) is 5.04. The minimum absolute atomic E-state index is 0.0213. The lowest BCUT2D eigenvalue weighted by Gasteiger charge is -2.25. The number of aromatic carboxylic acids is 1. The van der Waals surface area contributed by atoms with Crippen molar-refractivity contribution in [2.75, 3.05) is 11.4 Å². The standard InChI is InChI=1S/C33H24ClF3N4O3/c34-23-9-11-24(12-10-23)40(19-20-6-7-20)25-13-14-27(38-18-25)31(42)22-8-15-29(26(16-22)32(43)44)41-30(33(35,36)37)17-28(39-41)21-4-2-1-3-5-21/h1-5,8-18,20H,6-7,19H2,(H,43,44). The van der Waals surface area contributed by atoms with Crippen LogP contribution < -0.4 is 4.90 Å². The van der Waals surface area contributed by atoms with Crippen molar-refractivity contribution >= 4 is 34.7 Å². The van der Waals surface area contributed by atoms with Crippen LogP contribution in [0.25, 0.3) is 16.9 Å². The lowest BCUT2D eigenvalue weighted by atomic mass is 10.0. The first-order chi connectivity index (χ1) is 21.1. The van der Waals surface area contributed by atoms with E-state index in [1.807, 2.05) is 12.1 Å². The fraction of sp³-hybridized carbons (Fsp3) is 0.152. The molecule has 222 valence electrons. The van der Waals surface area contributed by atoms with Crippen molar-refractivity contribution in [3.05, 3.63) is 125 Å². The average molecular weight is 617 g/mol. The molecule has 5 aromatic rings. The number of halogens is 4. The maximum absolute atomic E-state index is 14.0. The molecule has 0 radical (unpaired) electrons. The molecule has 1 fully saturated rings. The minimum atomic E-state index is -4.82. The van der Waals surface area contributed by atoms with E-state index in [-0.39, 0.29) is 22.6 Å². The van der Waals surface area contributed by atoms with Crippen LogP contribution in [0, 0.1) is 5.92 Å². The molecule has 7 nitrogen and oxygen atoms in total. The average Bonchev–Trinajstić information content (AvgIpc) is 3.73. The Hall–Kier alpha value is -4.96. The van der Waals surface area contributed by atoms with Crippen LogP contribution in [0.4, 0.5) is 24.5 Å². The molecule has 0 saturated heterocycles. The summed E-state index contributed by atoms with van der Waals surface area (Å²) < 4.78 is 42.7. The molecule has 0 atom stereocenters. The molecule has 2 heterocycles. The number of hydrogen-bond donors (Lipinski definition) is 1. The van der Waals surface area contributed by atoms with E-state index in [2.05, 4.69) is 15.0 Å². The quantitative estimate of drug-likeness (QED) is 0.168. The van der Waals surface area contributed by atoms with Crippen LogP contribution >= 0.6 is 11.6 Å². The SMILES string of the molecule is O=C(c1ccc(-n2nc(-c3ccccc3)cc2C(F)(F)F)c(C(=O)O)c1)c1ccc(N(CC2CC2)c2ccc(Cl)cc2)cn1. The van der Waals surface area contributed by atoms with Crippen LogP contribution in [0.15, 0.2) is 97.2 Å². The molecule has 3 aromatic carbocycles. The third kappa shape index (κ3) is 6.07. The molecule has 0 bridgehead atoms. The molecular formula is C33H24ClF3N4O3. The molecule has 1 aliphatic carbocycles. The molecule has 1 N–H and O–H groups in total. The van der Waals surface area contributed by atoms with Crippen LogP contribution in [0.2, 0.25) is 5.02 Å². The highest BCUT2D eigenvalue weighted by atomic mass is 35.5. The normalized spacial score (nSPS) is 13.1. The molecule has 1 aliphatic rings. The van der Waals surface area contributed by atoms with Gasteiger partial charge in [0.2, 0.25) is 5.78 Å². The molecule has 11 heteroatoms. The second kappa shape index (κ2) is 11.6. The van der Waals surface area contributed by atoms with Crippen molar-refractivity contribution in [2.45, 2.75) is 19.0 Å². The minimum Gasteiger partial charge on any atom is -0.478 e. The van der Waals surface area contributed by atoms with Gasteiger partial charge in [-0.2, -0.15) is 18.3 Å². The first kappa shape index (κ1) is 29.1. The first-order valence-electron chi connectivity index (χ1n) is 13.7. The number of rotatable bonds is 9. The predicted octanol–water partition coefficient (Wildman–Crippen LogP) is 8.08. The van der Waals surface area contributed by atoms with Crippen molar-refractivity contribution in [3.63, 3.8) is 0 Å². The smallest absolute Gasteiger partial charge is 0.433 e. The zero-order chi connectivity index (χ0) is 31.0. The Labute approximate surface area is 255 Å². The van der Waals surface area contributed by atoms with E-state index in [1.165, 1.54) is 6.07 Å². The molecule has 1 saturated carbocycles. The lowest BCUT2D eigenvalue weighted by molar-refractivity contribution is -0.142. The zero-order valence-corrected chi connectivity index (χ0v) is 23.8. The van der Waals surface area contributed by atoms with E-state index in [0.717, 1.165) is 49.0 Å². The Morgan fingerprint density at radius 2 is 1.64 bits per heavy atom. The molecule has 0 spiro atoms. The second-order valence-electron chi connectivity index (χ2n) is 10.5. The van der Waals surface area contributed by atoms with Crippen LogP contribution in [0.1, 0.15) is 44.9 Å². The number of nitrogens with zero attached hydrogens (tertiary/aromatic N) is 4. The summed E-state index contributed by atoms with van der Waals surface area (Å²) in [6.45, 7) is 0.777. The van der Waals surface area contributed by atoms with E-state index in [1.54, 1.807) is 60.8 Å². The van der Waals surface area contributed by atoms with Gasteiger partial charge in [-0.25, -0.2) is 9.48 Å². The molecular weight excluding hydrogens is 593 g/mol. The number of carboxylic acids is 1. The highest BCUT2D eigenvalue weighted by molar-refractivity contribution is 6.30. The van der Waals surface area contributed by atoms with Crippen molar-refractivity contribution in [1.29, 1.82) is 0 Å². The van der Waals surface area contributed by atoms with Gasteiger partial charge < -0.3 is 10.0 Å². The van der Waals surface area contributed by atoms with Gasteiger partial charge in [-0.15, -0.1) is 0 Å². The topological polar surface area (TPSA) is 88.3 Å². The third-order valence-corrected chi connectivity index (χ3v) is 7.61. The second-order valence-corrected chi connectivity index (χ2v) is 10.9. The van der Waals surface area contributed by atoms with E-state index in [9.17, 15) is 27.9 Å². The van der Waals surface area contributed by atoms with Gasteiger partial charge in [0.15, 0.2) is 0 Å². The Balaban J connectivity index is 1.32. The van der Waals surface area contributed by atoms with Gasteiger partial charge in [0, 0.05) is 28.4 Å². The highest BCUT2D eigenvalue weighted by Crippen LogP contribution is 2.37. The summed E-state index contributed by atoms with van der Waals surface area (Å²) in [7, 11) is 0. The maximum atomic E-state index is 14.0. The molecule has 0 unspecified atom stereocenters. The van der Waals surface area contributed by atoms with Crippen molar-refractivity contribution in [2.24, 2.45) is 5.92 Å². The number of carbonyl (C=O) groups is 2. The third-order valence-electron chi connectivity index (χ3n) is 7.35. The summed E-state index contributed by atoms with van der Waals surface area (Å²) >= 11 is 6.06. The van der Waals surface area contributed by atoms with E-state index < -0.39 is 29.2 Å². The number of carbonyl (C=O) groups excluding carboxylic acids is 1. The number of anilines is 2. The van der Waals surface area contributed by atoms with Crippen LogP contribution in [0.5, 0.6) is 0 Å². The largest absolute Gasteiger partial charge is 0.478 e. The summed E-state index contributed by atoms with van der Waals surface area (Å²) in [5.74, 6) is -1.54. The van der Waals surface area contributed by atoms with Gasteiger partial charge in [-0.05, 0) is 79.4 Å². The summed E-state index contributed by atoms with van der Waals surface area (Å²) in [4.78, 5) is 32.1. The molecule has 2 aromatic heterocycles. The number of alkyl halides is 3. The van der Waals surface area contributed by atoms with Crippen molar-refractivity contribution in [1.82, 2.24) is 14.8 Å². The first-order valence-corrected chi connectivity index (χ1v) is 14.1. The Morgan fingerprint density at radius 3 is 2.25 bits per heavy atom. The molecule has 0 amide bonds. The Bertz CT molecular complexity index is 1840. The number of ketones is 1. The molecule has 44 heavy (non-hydrogen) atoms. The Kier molecular flexibility index (Phi) is 7.69. The lowest BCUT2D eigenvalue weighted by Crippen LogP contribution is -2.20. The molecule has 0 aliphatic heterocycles. The number of aromatic nitrogens is 3. The van der Waals surface area contributed by atoms with Gasteiger partial charge in [0.05, 0.1) is 28.8 Å².